The summed E-state index contributed by atoms with van der Waals surface area (Å²) in [6.07, 6.45) is 4.63. The fraction of sp³-hybridized carbons (Fsp3) is 0.500. The Bertz CT molecular complexity index is 551. The summed E-state index contributed by atoms with van der Waals surface area (Å²) in [4.78, 5) is 11.9. The largest absolute Gasteiger partial charge is 0.484 e. The topological polar surface area (TPSA) is 58.6 Å². The first-order chi connectivity index (χ1) is 10.5. The Morgan fingerprint density at radius 1 is 1.41 bits per heavy atom. The lowest BCUT2D eigenvalue weighted by atomic mass is 9.98. The molecule has 0 radical (unpaired) electrons. The maximum atomic E-state index is 11.9. The first-order valence-corrected chi connectivity index (χ1v) is 7.81. The molecule has 0 heterocycles. The monoisotopic (exact) mass is 303 g/mol. The summed E-state index contributed by atoms with van der Waals surface area (Å²) in [6, 6.07) is 5.93. The molecule has 4 heteroatoms. The number of carbonyl (C=O) groups is 1. The molecule has 4 nitrogen and oxygen atoms in total. The van der Waals surface area contributed by atoms with Gasteiger partial charge >= 0.3 is 0 Å². The molecule has 0 saturated carbocycles. The highest BCUT2D eigenvalue weighted by molar-refractivity contribution is 5.78. The van der Waals surface area contributed by atoms with Crippen LogP contribution in [0.3, 0.4) is 0 Å². The summed E-state index contributed by atoms with van der Waals surface area (Å²) in [7, 11) is 0. The van der Waals surface area contributed by atoms with Gasteiger partial charge in [0.1, 0.15) is 5.75 Å². The highest BCUT2D eigenvalue weighted by Gasteiger charge is 2.19. The van der Waals surface area contributed by atoms with Crippen LogP contribution in [-0.2, 0) is 4.79 Å². The highest BCUT2D eigenvalue weighted by Crippen LogP contribution is 2.23. The predicted molar refractivity (Wildman–Crippen MR) is 87.0 cm³/mol. The van der Waals surface area contributed by atoms with Crippen molar-refractivity contribution in [3.05, 3.63) is 41.5 Å². The van der Waals surface area contributed by atoms with Crippen LogP contribution < -0.4 is 10.1 Å². The normalized spacial score (nSPS) is 20.4. The van der Waals surface area contributed by atoms with E-state index >= 15 is 0 Å². The number of amides is 1. The molecule has 0 saturated heterocycles. The number of carbonyl (C=O) groups excluding carboxylic acids is 1. The number of rotatable bonds is 6. The summed E-state index contributed by atoms with van der Waals surface area (Å²) < 4.78 is 5.56. The number of hydrogen-bond acceptors (Lipinski definition) is 3. The van der Waals surface area contributed by atoms with Gasteiger partial charge in [-0.05, 0) is 42.5 Å². The molecule has 1 aromatic rings. The van der Waals surface area contributed by atoms with Gasteiger partial charge in [0.15, 0.2) is 6.61 Å². The minimum atomic E-state index is -0.140. The second-order valence-corrected chi connectivity index (χ2v) is 6.20. The number of ether oxygens (including phenoxy) is 1. The highest BCUT2D eigenvalue weighted by atomic mass is 16.5. The van der Waals surface area contributed by atoms with E-state index < -0.39 is 0 Å². The SMILES string of the molecule is Cc1cc(OCC(=O)N[C@@H]2C=C[C@H](CO)C2)ccc1C(C)C. The molecular weight excluding hydrogens is 278 g/mol. The number of nitrogens with one attached hydrogen (secondary N) is 1. The van der Waals surface area contributed by atoms with Crippen molar-refractivity contribution in [2.75, 3.05) is 13.2 Å². The molecule has 1 amide bonds. The molecule has 2 N–H and O–H groups in total. The molecule has 0 aromatic heterocycles. The fourth-order valence-electron chi connectivity index (χ4n) is 2.80. The molecule has 0 unspecified atom stereocenters. The van der Waals surface area contributed by atoms with Crippen molar-refractivity contribution in [3.63, 3.8) is 0 Å². The van der Waals surface area contributed by atoms with Crippen molar-refractivity contribution in [3.8, 4) is 5.75 Å². The third-order valence-corrected chi connectivity index (χ3v) is 3.99. The molecule has 1 aromatic carbocycles. The van der Waals surface area contributed by atoms with Crippen molar-refractivity contribution >= 4 is 5.91 Å². The van der Waals surface area contributed by atoms with Crippen LogP contribution >= 0.6 is 0 Å². The summed E-state index contributed by atoms with van der Waals surface area (Å²) in [5.41, 5.74) is 2.47. The van der Waals surface area contributed by atoms with Crippen LogP contribution in [0.2, 0.25) is 0 Å². The second-order valence-electron chi connectivity index (χ2n) is 6.20. The van der Waals surface area contributed by atoms with Gasteiger partial charge in [-0.25, -0.2) is 0 Å². The lowest BCUT2D eigenvalue weighted by molar-refractivity contribution is -0.123. The summed E-state index contributed by atoms with van der Waals surface area (Å²) in [5, 5.41) is 12.0. The van der Waals surface area contributed by atoms with Crippen molar-refractivity contribution < 1.29 is 14.6 Å². The number of benzene rings is 1. The van der Waals surface area contributed by atoms with Crippen molar-refractivity contribution in [1.29, 1.82) is 0 Å². The standard InChI is InChI=1S/C18H25NO3/c1-12(2)17-7-6-16(8-13(17)3)22-11-18(21)19-15-5-4-14(9-15)10-20/h4-8,12,14-15,20H,9-11H2,1-3H3,(H,19,21)/t14-,15+/m0/s1. The molecule has 1 aliphatic rings. The zero-order valence-electron chi connectivity index (χ0n) is 13.5. The van der Waals surface area contributed by atoms with Crippen LogP contribution in [0.4, 0.5) is 0 Å². The maximum Gasteiger partial charge on any atom is 0.258 e. The van der Waals surface area contributed by atoms with E-state index in [1.807, 2.05) is 24.3 Å². The molecular formula is C18H25NO3. The summed E-state index contributed by atoms with van der Waals surface area (Å²) in [5.74, 6) is 1.20. The van der Waals surface area contributed by atoms with Gasteiger partial charge in [-0.15, -0.1) is 0 Å². The predicted octanol–water partition coefficient (Wildman–Crippen LogP) is 2.55. The third kappa shape index (κ3) is 4.34. The number of aliphatic hydroxyl groups is 1. The average molecular weight is 303 g/mol. The minimum Gasteiger partial charge on any atom is -0.484 e. The van der Waals surface area contributed by atoms with E-state index in [-0.39, 0.29) is 31.1 Å². The molecule has 2 rings (SSSR count). The average Bonchev–Trinajstić information content (AvgIpc) is 2.92. The van der Waals surface area contributed by atoms with Gasteiger partial charge in [0.25, 0.3) is 5.91 Å². The lowest BCUT2D eigenvalue weighted by Gasteiger charge is -2.14. The molecule has 1 aliphatic carbocycles. The minimum absolute atomic E-state index is 0.00157. The second kappa shape index (κ2) is 7.45. The van der Waals surface area contributed by atoms with E-state index in [2.05, 4.69) is 32.2 Å². The van der Waals surface area contributed by atoms with E-state index in [9.17, 15) is 4.79 Å². The van der Waals surface area contributed by atoms with Gasteiger partial charge in [-0.3, -0.25) is 4.79 Å². The van der Waals surface area contributed by atoms with E-state index in [0.29, 0.717) is 11.7 Å². The third-order valence-electron chi connectivity index (χ3n) is 3.99. The van der Waals surface area contributed by atoms with Crippen LogP contribution in [0.15, 0.2) is 30.4 Å². The summed E-state index contributed by atoms with van der Waals surface area (Å²) >= 11 is 0. The van der Waals surface area contributed by atoms with Crippen LogP contribution in [0.1, 0.15) is 37.3 Å². The Labute approximate surface area is 132 Å². The first-order valence-electron chi connectivity index (χ1n) is 7.81. The van der Waals surface area contributed by atoms with Gasteiger partial charge in [-0.2, -0.15) is 0 Å². The van der Waals surface area contributed by atoms with Crippen molar-refractivity contribution in [2.24, 2.45) is 5.92 Å². The molecule has 120 valence electrons. The van der Waals surface area contributed by atoms with Crippen molar-refractivity contribution in [1.82, 2.24) is 5.32 Å². The van der Waals surface area contributed by atoms with Gasteiger partial charge in [0.2, 0.25) is 0 Å². The first kappa shape index (κ1) is 16.6. The number of hydrogen-bond donors (Lipinski definition) is 2. The van der Waals surface area contributed by atoms with Gasteiger partial charge in [0, 0.05) is 18.6 Å². The molecule has 0 aliphatic heterocycles. The maximum absolute atomic E-state index is 11.9. The van der Waals surface area contributed by atoms with Crippen LogP contribution in [-0.4, -0.2) is 30.3 Å². The lowest BCUT2D eigenvalue weighted by Crippen LogP contribution is -2.36. The van der Waals surface area contributed by atoms with E-state index in [0.717, 1.165) is 6.42 Å². The zero-order valence-corrected chi connectivity index (χ0v) is 13.5. The number of aryl methyl sites for hydroxylation is 1. The number of aliphatic hydroxyl groups excluding tert-OH is 1. The molecule has 0 bridgehead atoms. The van der Waals surface area contributed by atoms with Gasteiger partial charge < -0.3 is 15.2 Å². The van der Waals surface area contributed by atoms with Crippen LogP contribution in [0.5, 0.6) is 5.75 Å². The smallest absolute Gasteiger partial charge is 0.258 e. The Morgan fingerprint density at radius 3 is 2.77 bits per heavy atom. The van der Waals surface area contributed by atoms with E-state index in [4.69, 9.17) is 9.84 Å². The fourth-order valence-corrected chi connectivity index (χ4v) is 2.80. The zero-order chi connectivity index (χ0) is 16.1. The quantitative estimate of drug-likeness (QED) is 0.794. The summed E-state index contributed by atoms with van der Waals surface area (Å²) in [6.45, 7) is 6.51. The molecule has 0 fully saturated rings. The Hall–Kier alpha value is -1.81. The van der Waals surface area contributed by atoms with Crippen LogP contribution in [0, 0.1) is 12.8 Å². The van der Waals surface area contributed by atoms with E-state index in [1.165, 1.54) is 11.1 Å². The van der Waals surface area contributed by atoms with E-state index in [1.54, 1.807) is 0 Å². The Kier molecular flexibility index (Phi) is 5.61. The Morgan fingerprint density at radius 2 is 2.18 bits per heavy atom. The molecule has 0 spiro atoms. The Balaban J connectivity index is 1.82. The molecule has 2 atom stereocenters. The molecule has 22 heavy (non-hydrogen) atoms. The van der Waals surface area contributed by atoms with Gasteiger partial charge in [-0.1, -0.05) is 32.1 Å². The van der Waals surface area contributed by atoms with Gasteiger partial charge in [0.05, 0.1) is 0 Å². The van der Waals surface area contributed by atoms with Crippen LogP contribution in [0.25, 0.3) is 0 Å². The van der Waals surface area contributed by atoms with Crippen molar-refractivity contribution in [2.45, 2.75) is 39.2 Å².